The second-order valence-electron chi connectivity index (χ2n) is 8.93. The predicted octanol–water partition coefficient (Wildman–Crippen LogP) is 2.26. The van der Waals surface area contributed by atoms with Gasteiger partial charge in [0.15, 0.2) is 11.5 Å². The van der Waals surface area contributed by atoms with Crippen molar-refractivity contribution in [2.45, 2.75) is 19.4 Å². The van der Waals surface area contributed by atoms with Crippen LogP contribution in [0.2, 0.25) is 0 Å². The largest absolute Gasteiger partial charge is 0.504 e. The zero-order valence-corrected chi connectivity index (χ0v) is 20.7. The fourth-order valence-electron chi connectivity index (χ4n) is 4.55. The SMILES string of the molecule is COc1cc(CN2CCC(C(=O)N3CCN(c4ccccc4F)CC3)CC2)ccc1O.O=C(O)C(=O)O. The Morgan fingerprint density at radius 1 is 0.946 bits per heavy atom. The Hall–Kier alpha value is -3.86. The molecule has 11 heteroatoms. The highest BCUT2D eigenvalue weighted by molar-refractivity contribution is 6.27. The lowest BCUT2D eigenvalue weighted by atomic mass is 9.94. The highest BCUT2D eigenvalue weighted by Gasteiger charge is 2.31. The average Bonchev–Trinajstić information content (AvgIpc) is 2.90. The van der Waals surface area contributed by atoms with Gasteiger partial charge in [0.25, 0.3) is 0 Å². The van der Waals surface area contributed by atoms with Gasteiger partial charge in [-0.05, 0) is 55.8 Å². The summed E-state index contributed by atoms with van der Waals surface area (Å²) in [6.45, 7) is 5.12. The van der Waals surface area contributed by atoms with Gasteiger partial charge < -0.3 is 29.9 Å². The van der Waals surface area contributed by atoms with Crippen molar-refractivity contribution in [1.29, 1.82) is 0 Å². The van der Waals surface area contributed by atoms with E-state index in [4.69, 9.17) is 24.5 Å². The fraction of sp³-hybridized carbons (Fsp3) is 0.423. The number of anilines is 1. The maximum atomic E-state index is 14.0. The van der Waals surface area contributed by atoms with Crippen molar-refractivity contribution in [2.24, 2.45) is 5.92 Å². The minimum Gasteiger partial charge on any atom is -0.504 e. The number of amides is 1. The molecule has 0 aliphatic carbocycles. The molecule has 2 fully saturated rings. The number of phenols is 1. The standard InChI is InChI=1S/C24H30FN3O3.C2H2O4/c1-31-23-16-18(6-7-22(23)29)17-26-10-8-19(9-11-26)24(30)28-14-12-27(13-15-28)21-5-3-2-4-20(21)25;3-1(4)2(5)6/h2-7,16,19,29H,8-15,17H2,1H3;(H,3,4)(H,5,6). The number of carboxylic acid groups (broad SMARTS) is 2. The van der Waals surface area contributed by atoms with Crippen molar-refractivity contribution in [3.8, 4) is 11.5 Å². The van der Waals surface area contributed by atoms with E-state index in [1.54, 1.807) is 25.3 Å². The predicted molar refractivity (Wildman–Crippen MR) is 133 cm³/mol. The van der Waals surface area contributed by atoms with Crippen LogP contribution >= 0.6 is 0 Å². The molecular weight excluding hydrogens is 485 g/mol. The first-order valence-corrected chi connectivity index (χ1v) is 12.0. The van der Waals surface area contributed by atoms with Crippen LogP contribution in [0.5, 0.6) is 11.5 Å². The number of phenolic OH excluding ortho intramolecular Hbond substituents is 1. The molecule has 200 valence electrons. The molecule has 0 atom stereocenters. The maximum Gasteiger partial charge on any atom is 0.414 e. The van der Waals surface area contributed by atoms with Crippen LogP contribution in [0.3, 0.4) is 0 Å². The van der Waals surface area contributed by atoms with Gasteiger partial charge in [0.1, 0.15) is 5.82 Å². The summed E-state index contributed by atoms with van der Waals surface area (Å²) in [6.07, 6.45) is 1.70. The number of benzene rings is 2. The smallest absolute Gasteiger partial charge is 0.414 e. The number of hydrogen-bond donors (Lipinski definition) is 3. The van der Waals surface area contributed by atoms with Crippen molar-refractivity contribution in [2.75, 3.05) is 51.3 Å². The molecule has 1 amide bonds. The van der Waals surface area contributed by atoms with E-state index in [0.29, 0.717) is 37.6 Å². The molecule has 0 aromatic heterocycles. The van der Waals surface area contributed by atoms with Crippen LogP contribution in [-0.2, 0) is 20.9 Å². The Morgan fingerprint density at radius 3 is 2.14 bits per heavy atom. The van der Waals surface area contributed by atoms with E-state index >= 15 is 0 Å². The quantitative estimate of drug-likeness (QED) is 0.511. The van der Waals surface area contributed by atoms with Crippen LogP contribution in [0.25, 0.3) is 0 Å². The summed E-state index contributed by atoms with van der Waals surface area (Å²) in [7, 11) is 1.55. The fourth-order valence-corrected chi connectivity index (χ4v) is 4.55. The molecule has 2 saturated heterocycles. The third kappa shape index (κ3) is 7.56. The lowest BCUT2D eigenvalue weighted by Gasteiger charge is -2.39. The van der Waals surface area contributed by atoms with Crippen molar-refractivity contribution in [3.63, 3.8) is 0 Å². The van der Waals surface area contributed by atoms with E-state index in [0.717, 1.165) is 38.0 Å². The molecule has 0 saturated carbocycles. The van der Waals surface area contributed by atoms with Crippen molar-refractivity contribution in [1.82, 2.24) is 9.80 Å². The first-order valence-electron chi connectivity index (χ1n) is 12.0. The van der Waals surface area contributed by atoms with E-state index in [9.17, 15) is 14.3 Å². The number of halogens is 1. The van der Waals surface area contributed by atoms with Crippen LogP contribution in [0.4, 0.5) is 10.1 Å². The number of aliphatic carboxylic acids is 2. The molecule has 37 heavy (non-hydrogen) atoms. The highest BCUT2D eigenvalue weighted by atomic mass is 19.1. The van der Waals surface area contributed by atoms with Gasteiger partial charge in [-0.15, -0.1) is 0 Å². The summed E-state index contributed by atoms with van der Waals surface area (Å²) in [4.78, 5) is 37.5. The number of methoxy groups -OCH3 is 1. The third-order valence-electron chi connectivity index (χ3n) is 6.55. The van der Waals surface area contributed by atoms with Gasteiger partial charge in [-0.2, -0.15) is 0 Å². The minimum absolute atomic E-state index is 0.0608. The number of carbonyl (C=O) groups is 3. The second-order valence-corrected chi connectivity index (χ2v) is 8.93. The maximum absolute atomic E-state index is 14.0. The zero-order chi connectivity index (χ0) is 26.9. The average molecular weight is 518 g/mol. The lowest BCUT2D eigenvalue weighted by Crippen LogP contribution is -2.51. The number of hydrogen-bond acceptors (Lipinski definition) is 7. The molecule has 0 unspecified atom stereocenters. The third-order valence-corrected chi connectivity index (χ3v) is 6.55. The Labute approximate surface area is 214 Å². The Morgan fingerprint density at radius 2 is 1.57 bits per heavy atom. The lowest BCUT2D eigenvalue weighted by molar-refractivity contribution is -0.159. The van der Waals surface area contributed by atoms with Crippen LogP contribution in [0.1, 0.15) is 18.4 Å². The number of piperidine rings is 1. The zero-order valence-electron chi connectivity index (χ0n) is 20.7. The summed E-state index contributed by atoms with van der Waals surface area (Å²) < 4.78 is 19.2. The number of piperazine rings is 1. The molecule has 4 rings (SSSR count). The van der Waals surface area contributed by atoms with Crippen LogP contribution in [0.15, 0.2) is 42.5 Å². The Bertz CT molecular complexity index is 1090. The molecule has 10 nitrogen and oxygen atoms in total. The van der Waals surface area contributed by atoms with E-state index in [-0.39, 0.29) is 23.4 Å². The summed E-state index contributed by atoms with van der Waals surface area (Å²) in [5, 5.41) is 24.5. The van der Waals surface area contributed by atoms with E-state index in [2.05, 4.69) is 4.90 Å². The molecule has 2 aromatic carbocycles. The van der Waals surface area contributed by atoms with Gasteiger partial charge in [0.2, 0.25) is 5.91 Å². The molecular formula is C26H32FN3O7. The Kier molecular flexibility index (Phi) is 9.67. The summed E-state index contributed by atoms with van der Waals surface area (Å²) >= 11 is 0. The van der Waals surface area contributed by atoms with Crippen LogP contribution in [-0.4, -0.2) is 89.3 Å². The van der Waals surface area contributed by atoms with Crippen LogP contribution < -0.4 is 9.64 Å². The first-order chi connectivity index (χ1) is 17.7. The number of carboxylic acids is 2. The first kappa shape index (κ1) is 27.7. The van der Waals surface area contributed by atoms with Crippen molar-refractivity contribution in [3.05, 3.63) is 53.8 Å². The molecule has 0 radical (unpaired) electrons. The normalized spacial score (nSPS) is 16.5. The molecule has 0 bridgehead atoms. The molecule has 3 N–H and O–H groups in total. The summed E-state index contributed by atoms with van der Waals surface area (Å²) in [5.74, 6) is -2.93. The van der Waals surface area contributed by atoms with Crippen molar-refractivity contribution >= 4 is 23.5 Å². The minimum atomic E-state index is -1.82. The monoisotopic (exact) mass is 517 g/mol. The second kappa shape index (κ2) is 12.9. The Balaban J connectivity index is 0.000000568. The van der Waals surface area contributed by atoms with E-state index in [1.165, 1.54) is 6.07 Å². The number of para-hydroxylation sites is 1. The number of ether oxygens (including phenoxy) is 1. The topological polar surface area (TPSA) is 131 Å². The molecule has 2 heterocycles. The molecule has 2 aliphatic rings. The summed E-state index contributed by atoms with van der Waals surface area (Å²) in [6, 6.07) is 12.2. The van der Waals surface area contributed by atoms with E-state index in [1.807, 2.05) is 28.0 Å². The van der Waals surface area contributed by atoms with Gasteiger partial charge in [-0.25, -0.2) is 14.0 Å². The molecule has 2 aromatic rings. The highest BCUT2D eigenvalue weighted by Crippen LogP contribution is 2.28. The number of aromatic hydroxyl groups is 1. The van der Waals surface area contributed by atoms with Crippen LogP contribution in [0, 0.1) is 11.7 Å². The number of rotatable bonds is 5. The molecule has 2 aliphatic heterocycles. The van der Waals surface area contributed by atoms with Gasteiger partial charge in [-0.1, -0.05) is 18.2 Å². The van der Waals surface area contributed by atoms with Gasteiger partial charge in [0, 0.05) is 38.6 Å². The van der Waals surface area contributed by atoms with Gasteiger partial charge in [0.05, 0.1) is 12.8 Å². The number of likely N-dealkylation sites (tertiary alicyclic amines) is 1. The van der Waals surface area contributed by atoms with E-state index < -0.39 is 11.9 Å². The van der Waals surface area contributed by atoms with Gasteiger partial charge in [-0.3, -0.25) is 9.69 Å². The van der Waals surface area contributed by atoms with Crippen molar-refractivity contribution < 1.29 is 38.8 Å². The number of carbonyl (C=O) groups excluding carboxylic acids is 1. The summed E-state index contributed by atoms with van der Waals surface area (Å²) in [5.41, 5.74) is 1.71. The molecule has 0 spiro atoms. The number of nitrogens with zero attached hydrogens (tertiary/aromatic N) is 3. The van der Waals surface area contributed by atoms with Gasteiger partial charge >= 0.3 is 11.9 Å².